The third-order valence-electron chi connectivity index (χ3n) is 4.34. The van der Waals surface area contributed by atoms with E-state index >= 15 is 0 Å². The lowest BCUT2D eigenvalue weighted by Gasteiger charge is -2.23. The highest BCUT2D eigenvalue weighted by atomic mass is 16.5. The predicted molar refractivity (Wildman–Crippen MR) is 104 cm³/mol. The zero-order valence-electron chi connectivity index (χ0n) is 16.1. The van der Waals surface area contributed by atoms with Crippen molar-refractivity contribution in [1.29, 1.82) is 0 Å². The first kappa shape index (κ1) is 20.0. The molecule has 0 unspecified atom stereocenters. The Hall–Kier alpha value is -2.33. The highest BCUT2D eigenvalue weighted by molar-refractivity contribution is 5.82. The minimum absolute atomic E-state index is 0.213. The van der Waals surface area contributed by atoms with E-state index in [9.17, 15) is 4.79 Å². The first-order valence-electron chi connectivity index (χ1n) is 8.99. The molecule has 4 heteroatoms. The number of hydrogen-bond acceptors (Lipinski definition) is 4. The summed E-state index contributed by atoms with van der Waals surface area (Å²) in [6, 6.07) is 16.0. The lowest BCUT2D eigenvalue weighted by molar-refractivity contribution is -0.148. The Labute approximate surface area is 156 Å². The molecule has 0 saturated carbocycles. The van der Waals surface area contributed by atoms with Crippen LogP contribution in [-0.2, 0) is 19.7 Å². The molecule has 0 bridgehead atoms. The molecule has 4 nitrogen and oxygen atoms in total. The Morgan fingerprint density at radius 1 is 1.00 bits per heavy atom. The van der Waals surface area contributed by atoms with Gasteiger partial charge in [0.15, 0.2) is 0 Å². The molecule has 0 aliphatic carbocycles. The molecule has 0 aliphatic rings. The van der Waals surface area contributed by atoms with E-state index in [1.165, 1.54) is 0 Å². The zero-order valence-corrected chi connectivity index (χ0v) is 16.1. The third-order valence-corrected chi connectivity index (χ3v) is 4.34. The second kappa shape index (κ2) is 9.39. The molecule has 0 atom stereocenters. The Balaban J connectivity index is 2.19. The van der Waals surface area contributed by atoms with Gasteiger partial charge in [0.25, 0.3) is 0 Å². The van der Waals surface area contributed by atoms with Crippen LogP contribution >= 0.6 is 0 Å². The van der Waals surface area contributed by atoms with Crippen LogP contribution in [0, 0.1) is 0 Å². The maximum Gasteiger partial charge on any atom is 0.315 e. The first-order valence-corrected chi connectivity index (χ1v) is 8.99. The molecule has 0 spiro atoms. The van der Waals surface area contributed by atoms with Crippen molar-refractivity contribution in [1.82, 2.24) is 0 Å². The third kappa shape index (κ3) is 4.85. The molecular formula is C22H28O4. The molecule has 0 radical (unpaired) electrons. The topological polar surface area (TPSA) is 44.8 Å². The summed E-state index contributed by atoms with van der Waals surface area (Å²) in [6.07, 6.45) is 0.845. The Bertz CT molecular complexity index is 704. The number of para-hydroxylation sites is 1. The zero-order chi connectivity index (χ0) is 19.0. The molecule has 2 aromatic rings. The van der Waals surface area contributed by atoms with E-state index in [1.807, 2.05) is 69.3 Å². The summed E-state index contributed by atoms with van der Waals surface area (Å²) in [5.41, 5.74) is 2.34. The predicted octanol–water partition coefficient (Wildman–Crippen LogP) is 4.61. The summed E-state index contributed by atoms with van der Waals surface area (Å²) in [5, 5.41) is 0. The molecule has 0 N–H and O–H groups in total. The molecule has 0 heterocycles. The molecule has 26 heavy (non-hydrogen) atoms. The van der Waals surface area contributed by atoms with Gasteiger partial charge >= 0.3 is 5.97 Å². The number of methoxy groups -OCH3 is 1. The molecule has 0 saturated heterocycles. The number of esters is 1. The minimum atomic E-state index is -0.676. The Morgan fingerprint density at radius 3 is 2.35 bits per heavy atom. The smallest absolute Gasteiger partial charge is 0.315 e. The summed E-state index contributed by atoms with van der Waals surface area (Å²) in [4.78, 5) is 12.2. The number of carbonyl (C=O) groups is 1. The van der Waals surface area contributed by atoms with E-state index < -0.39 is 5.41 Å². The van der Waals surface area contributed by atoms with Crippen molar-refractivity contribution in [3.63, 3.8) is 0 Å². The van der Waals surface area contributed by atoms with Gasteiger partial charge in [0, 0.05) is 25.7 Å². The van der Waals surface area contributed by atoms with Gasteiger partial charge in [-0.25, -0.2) is 0 Å². The lowest BCUT2D eigenvalue weighted by atomic mass is 9.84. The van der Waals surface area contributed by atoms with E-state index in [0.717, 1.165) is 28.9 Å². The van der Waals surface area contributed by atoms with Gasteiger partial charge in [-0.15, -0.1) is 0 Å². The highest BCUT2D eigenvalue weighted by Gasteiger charge is 2.31. The fraction of sp³-hybridized carbons (Fsp3) is 0.409. The average Bonchev–Trinajstić information content (AvgIpc) is 2.66. The number of ether oxygens (including phenoxy) is 3. The van der Waals surface area contributed by atoms with Crippen molar-refractivity contribution in [2.45, 2.75) is 32.6 Å². The van der Waals surface area contributed by atoms with E-state index in [0.29, 0.717) is 19.8 Å². The van der Waals surface area contributed by atoms with Crippen LogP contribution in [0.4, 0.5) is 0 Å². The van der Waals surface area contributed by atoms with Gasteiger partial charge in [0.05, 0.1) is 18.6 Å². The van der Waals surface area contributed by atoms with Gasteiger partial charge in [-0.3, -0.25) is 4.79 Å². The van der Waals surface area contributed by atoms with Gasteiger partial charge in [-0.2, -0.15) is 0 Å². The first-order chi connectivity index (χ1) is 12.5. The summed E-state index contributed by atoms with van der Waals surface area (Å²) >= 11 is 0. The largest absolute Gasteiger partial charge is 0.493 e. The molecule has 0 fully saturated rings. The van der Waals surface area contributed by atoms with Crippen molar-refractivity contribution in [2.24, 2.45) is 0 Å². The van der Waals surface area contributed by atoms with E-state index in [-0.39, 0.29) is 5.97 Å². The fourth-order valence-electron chi connectivity index (χ4n) is 2.71. The number of carbonyl (C=O) groups excluding carboxylic acids is 1. The Kier molecular flexibility index (Phi) is 7.22. The second-order valence-corrected chi connectivity index (χ2v) is 6.61. The van der Waals surface area contributed by atoms with Crippen LogP contribution in [0.5, 0.6) is 5.75 Å². The van der Waals surface area contributed by atoms with Gasteiger partial charge in [-0.05, 0) is 38.0 Å². The van der Waals surface area contributed by atoms with Crippen molar-refractivity contribution < 1.29 is 19.0 Å². The van der Waals surface area contributed by atoms with Crippen LogP contribution in [0.1, 0.15) is 32.8 Å². The number of benzene rings is 2. The molecule has 0 amide bonds. The average molecular weight is 356 g/mol. The molecule has 2 rings (SSSR count). The normalized spacial score (nSPS) is 11.2. The quantitative estimate of drug-likeness (QED) is 0.486. The summed E-state index contributed by atoms with van der Waals surface area (Å²) in [6.45, 7) is 7.26. The fourth-order valence-corrected chi connectivity index (χ4v) is 2.71. The molecule has 0 aliphatic heterocycles. The van der Waals surface area contributed by atoms with Crippen LogP contribution in [0.25, 0.3) is 11.1 Å². The maximum atomic E-state index is 12.2. The lowest BCUT2D eigenvalue weighted by Crippen LogP contribution is -2.31. The summed E-state index contributed by atoms with van der Waals surface area (Å²) in [7, 11) is 1.69. The Morgan fingerprint density at radius 2 is 1.69 bits per heavy atom. The van der Waals surface area contributed by atoms with Crippen LogP contribution in [0.3, 0.4) is 0 Å². The van der Waals surface area contributed by atoms with Crippen molar-refractivity contribution in [3.8, 4) is 16.9 Å². The standard InChI is InChI=1S/C22H28O4/c1-5-25-21(23)22(2,3)18-13-11-17(12-14-18)19-9-6-7-10-20(19)26-16-8-15-24-4/h6-7,9-14H,5,8,15-16H2,1-4H3. The van der Waals surface area contributed by atoms with Crippen LogP contribution in [0.2, 0.25) is 0 Å². The van der Waals surface area contributed by atoms with E-state index in [1.54, 1.807) is 7.11 Å². The number of rotatable bonds is 9. The minimum Gasteiger partial charge on any atom is -0.493 e. The molecule has 2 aromatic carbocycles. The van der Waals surface area contributed by atoms with Crippen LogP contribution in [-0.4, -0.2) is 32.9 Å². The van der Waals surface area contributed by atoms with Gasteiger partial charge in [-0.1, -0.05) is 42.5 Å². The monoisotopic (exact) mass is 356 g/mol. The van der Waals surface area contributed by atoms with Crippen molar-refractivity contribution >= 4 is 5.97 Å². The van der Waals surface area contributed by atoms with E-state index in [4.69, 9.17) is 14.2 Å². The molecule has 140 valence electrons. The van der Waals surface area contributed by atoms with Crippen LogP contribution < -0.4 is 4.74 Å². The van der Waals surface area contributed by atoms with Crippen LogP contribution in [0.15, 0.2) is 48.5 Å². The van der Waals surface area contributed by atoms with Crippen molar-refractivity contribution in [2.75, 3.05) is 26.9 Å². The summed E-state index contributed by atoms with van der Waals surface area (Å²) < 4.78 is 16.2. The highest BCUT2D eigenvalue weighted by Crippen LogP contribution is 2.32. The van der Waals surface area contributed by atoms with Crippen molar-refractivity contribution in [3.05, 3.63) is 54.1 Å². The maximum absolute atomic E-state index is 12.2. The van der Waals surface area contributed by atoms with Gasteiger partial charge < -0.3 is 14.2 Å². The second-order valence-electron chi connectivity index (χ2n) is 6.61. The summed E-state index contributed by atoms with van der Waals surface area (Å²) in [5.74, 6) is 0.635. The molecular weight excluding hydrogens is 328 g/mol. The van der Waals surface area contributed by atoms with Gasteiger partial charge in [0.1, 0.15) is 5.75 Å². The van der Waals surface area contributed by atoms with E-state index in [2.05, 4.69) is 0 Å². The SMILES string of the molecule is CCOC(=O)C(C)(C)c1ccc(-c2ccccc2OCCCOC)cc1. The molecule has 0 aromatic heterocycles. The van der Waals surface area contributed by atoms with Gasteiger partial charge in [0.2, 0.25) is 0 Å². The number of hydrogen-bond donors (Lipinski definition) is 0.